The Morgan fingerprint density at radius 3 is 2.12 bits per heavy atom. The van der Waals surface area contributed by atoms with E-state index in [1.165, 1.54) is 5.57 Å². The molecule has 0 aromatic heterocycles. The molecule has 182 valence electrons. The van der Waals surface area contributed by atoms with Gasteiger partial charge in [-0.25, -0.2) is 4.79 Å². The summed E-state index contributed by atoms with van der Waals surface area (Å²) < 4.78 is 11.9. The normalized spacial score (nSPS) is 21.4. The van der Waals surface area contributed by atoms with Crippen LogP contribution in [0.1, 0.15) is 84.4 Å². The van der Waals surface area contributed by atoms with Crippen LogP contribution in [0.5, 0.6) is 5.75 Å². The van der Waals surface area contributed by atoms with Crippen LogP contribution in [0.15, 0.2) is 59.7 Å². The Hall–Kier alpha value is -2.85. The van der Waals surface area contributed by atoms with Crippen molar-refractivity contribution in [3.8, 4) is 5.75 Å². The maximum Gasteiger partial charge on any atom is 0.334 e. The first-order chi connectivity index (χ1) is 15.7. The van der Waals surface area contributed by atoms with Crippen molar-refractivity contribution in [3.63, 3.8) is 0 Å². The highest BCUT2D eigenvalue weighted by Crippen LogP contribution is 2.48. The molecule has 1 N–H and O–H groups in total. The van der Waals surface area contributed by atoms with Crippen molar-refractivity contribution in [1.82, 2.24) is 0 Å². The van der Waals surface area contributed by atoms with E-state index >= 15 is 0 Å². The van der Waals surface area contributed by atoms with Crippen LogP contribution in [0.25, 0.3) is 12.2 Å². The molecule has 4 heteroatoms. The van der Waals surface area contributed by atoms with Crippen LogP contribution in [-0.4, -0.2) is 27.9 Å². The Morgan fingerprint density at radius 2 is 1.56 bits per heavy atom. The lowest BCUT2D eigenvalue weighted by atomic mass is 9.72. The zero-order chi connectivity index (χ0) is 25.3. The first-order valence-electron chi connectivity index (χ1n) is 11.9. The van der Waals surface area contributed by atoms with E-state index in [0.717, 1.165) is 23.1 Å². The number of hydrogen-bond acceptors (Lipinski definition) is 4. The van der Waals surface area contributed by atoms with Gasteiger partial charge in [-0.15, -0.1) is 0 Å². The molecule has 0 saturated carbocycles. The number of esters is 1. The molecule has 0 amide bonds. The fraction of sp³-hybridized carbons (Fsp3) is 0.433. The summed E-state index contributed by atoms with van der Waals surface area (Å²) in [5.74, 6) is 0.0201. The lowest BCUT2D eigenvalue weighted by molar-refractivity contribution is -0.150. The highest BCUT2D eigenvalue weighted by molar-refractivity contribution is 5.93. The molecule has 1 aliphatic rings. The number of phenolic OH excluding ortho intramolecular Hbond substituents is 1. The van der Waals surface area contributed by atoms with Gasteiger partial charge in [0, 0.05) is 11.5 Å². The fourth-order valence-corrected chi connectivity index (χ4v) is 4.83. The SMILES string of the molecule is CC(=Cc1ccc(C=C2CC(C)(C)OC(C)(C)C2c2ccc(O)cc2)cc1)C(=O)OC(C)(C)C. The Kier molecular flexibility index (Phi) is 7.14. The van der Waals surface area contributed by atoms with E-state index in [4.69, 9.17) is 9.47 Å². The predicted octanol–water partition coefficient (Wildman–Crippen LogP) is 7.28. The molecule has 0 aliphatic carbocycles. The number of hydrogen-bond donors (Lipinski definition) is 1. The largest absolute Gasteiger partial charge is 0.508 e. The van der Waals surface area contributed by atoms with Crippen LogP contribution in [0.3, 0.4) is 0 Å². The molecule has 2 aromatic carbocycles. The van der Waals surface area contributed by atoms with E-state index in [2.05, 4.69) is 45.9 Å². The lowest BCUT2D eigenvalue weighted by Gasteiger charge is -2.48. The van der Waals surface area contributed by atoms with Crippen molar-refractivity contribution in [2.45, 2.75) is 84.5 Å². The minimum atomic E-state index is -0.512. The highest BCUT2D eigenvalue weighted by atomic mass is 16.6. The summed E-state index contributed by atoms with van der Waals surface area (Å²) in [6.07, 6.45) is 4.91. The molecule has 1 unspecified atom stereocenters. The van der Waals surface area contributed by atoms with Gasteiger partial charge < -0.3 is 14.6 Å². The van der Waals surface area contributed by atoms with Crippen molar-refractivity contribution in [3.05, 3.63) is 76.4 Å². The van der Waals surface area contributed by atoms with E-state index < -0.39 is 11.2 Å². The molecule has 1 aliphatic heterocycles. The summed E-state index contributed by atoms with van der Waals surface area (Å²) in [6.45, 7) is 15.9. The Morgan fingerprint density at radius 1 is 1.00 bits per heavy atom. The second-order valence-corrected chi connectivity index (χ2v) is 11.4. The van der Waals surface area contributed by atoms with Crippen molar-refractivity contribution >= 4 is 18.1 Å². The topological polar surface area (TPSA) is 55.8 Å². The first kappa shape index (κ1) is 25.8. The molecule has 2 aromatic rings. The summed E-state index contributed by atoms with van der Waals surface area (Å²) in [6, 6.07) is 15.6. The molecule has 1 atom stereocenters. The average Bonchev–Trinajstić information content (AvgIpc) is 2.67. The van der Waals surface area contributed by atoms with Gasteiger partial charge in [0.1, 0.15) is 11.4 Å². The monoisotopic (exact) mass is 462 g/mol. The molecule has 3 rings (SSSR count). The number of carbonyl (C=O) groups excluding carboxylic acids is 1. The van der Waals surface area contributed by atoms with Gasteiger partial charge in [-0.2, -0.15) is 0 Å². The van der Waals surface area contributed by atoms with E-state index in [1.807, 2.05) is 51.1 Å². The number of ether oxygens (including phenoxy) is 2. The van der Waals surface area contributed by atoms with Crippen LogP contribution in [0, 0.1) is 0 Å². The predicted molar refractivity (Wildman–Crippen MR) is 139 cm³/mol. The maximum atomic E-state index is 12.3. The number of phenols is 1. The third kappa shape index (κ3) is 6.60. The number of carbonyl (C=O) groups is 1. The molecular formula is C30H38O4. The van der Waals surface area contributed by atoms with Crippen LogP contribution < -0.4 is 0 Å². The average molecular weight is 463 g/mol. The standard InChI is InChI=1S/C30H38O4/c1-20(27(32)33-28(2,3)4)17-21-9-11-22(12-10-21)18-24-19-29(5,6)34-30(7,8)26(24)23-13-15-25(31)16-14-23/h9-18,26,31H,19H2,1-8H3. The second-order valence-electron chi connectivity index (χ2n) is 11.4. The molecule has 1 heterocycles. The van der Waals surface area contributed by atoms with Gasteiger partial charge >= 0.3 is 5.97 Å². The van der Waals surface area contributed by atoms with E-state index in [0.29, 0.717) is 5.57 Å². The Labute approximate surface area is 204 Å². The molecule has 0 radical (unpaired) electrons. The molecule has 34 heavy (non-hydrogen) atoms. The van der Waals surface area contributed by atoms with E-state index in [9.17, 15) is 9.90 Å². The van der Waals surface area contributed by atoms with Gasteiger partial charge in [-0.05, 0) is 96.7 Å². The molecule has 1 fully saturated rings. The molecule has 4 nitrogen and oxygen atoms in total. The van der Waals surface area contributed by atoms with Crippen molar-refractivity contribution in [1.29, 1.82) is 0 Å². The van der Waals surface area contributed by atoms with Gasteiger partial charge in [0.15, 0.2) is 0 Å². The Bertz CT molecular complexity index is 1080. The minimum absolute atomic E-state index is 0.0649. The first-order valence-corrected chi connectivity index (χ1v) is 11.9. The van der Waals surface area contributed by atoms with E-state index in [1.54, 1.807) is 19.1 Å². The summed E-state index contributed by atoms with van der Waals surface area (Å²) in [5.41, 5.74) is 3.83. The highest BCUT2D eigenvalue weighted by Gasteiger charge is 2.44. The zero-order valence-corrected chi connectivity index (χ0v) is 21.7. The van der Waals surface area contributed by atoms with Gasteiger partial charge in [0.25, 0.3) is 0 Å². The van der Waals surface area contributed by atoms with Crippen LogP contribution >= 0.6 is 0 Å². The van der Waals surface area contributed by atoms with Crippen molar-refractivity contribution in [2.75, 3.05) is 0 Å². The zero-order valence-electron chi connectivity index (χ0n) is 21.7. The smallest absolute Gasteiger partial charge is 0.334 e. The van der Waals surface area contributed by atoms with Crippen LogP contribution in [-0.2, 0) is 14.3 Å². The number of rotatable bonds is 4. The second kappa shape index (κ2) is 9.42. The van der Waals surface area contributed by atoms with Crippen LogP contribution in [0.4, 0.5) is 0 Å². The molecular weight excluding hydrogens is 424 g/mol. The number of aromatic hydroxyl groups is 1. The lowest BCUT2D eigenvalue weighted by Crippen LogP contribution is -2.47. The quantitative estimate of drug-likeness (QED) is 0.383. The summed E-state index contributed by atoms with van der Waals surface area (Å²) in [7, 11) is 0. The van der Waals surface area contributed by atoms with Crippen molar-refractivity contribution in [2.24, 2.45) is 0 Å². The summed E-state index contributed by atoms with van der Waals surface area (Å²) >= 11 is 0. The number of benzene rings is 2. The summed E-state index contributed by atoms with van der Waals surface area (Å²) in [5, 5.41) is 9.77. The molecule has 1 saturated heterocycles. The van der Waals surface area contributed by atoms with E-state index in [-0.39, 0.29) is 23.2 Å². The van der Waals surface area contributed by atoms with Crippen molar-refractivity contribution < 1.29 is 19.4 Å². The van der Waals surface area contributed by atoms with Gasteiger partial charge in [-0.1, -0.05) is 48.0 Å². The minimum Gasteiger partial charge on any atom is -0.508 e. The maximum absolute atomic E-state index is 12.3. The van der Waals surface area contributed by atoms with Gasteiger partial charge in [0.2, 0.25) is 0 Å². The van der Waals surface area contributed by atoms with Crippen LogP contribution in [0.2, 0.25) is 0 Å². The van der Waals surface area contributed by atoms with Gasteiger partial charge in [0.05, 0.1) is 11.2 Å². The molecule has 0 spiro atoms. The molecule has 0 bridgehead atoms. The van der Waals surface area contributed by atoms with Gasteiger partial charge in [-0.3, -0.25) is 0 Å². The fourth-order valence-electron chi connectivity index (χ4n) is 4.83. The Balaban J connectivity index is 1.91. The summed E-state index contributed by atoms with van der Waals surface area (Å²) in [4.78, 5) is 12.3. The third-order valence-electron chi connectivity index (χ3n) is 5.85. The third-order valence-corrected chi connectivity index (χ3v) is 5.85.